The zero-order chi connectivity index (χ0) is 14.8. The lowest BCUT2D eigenvalue weighted by Crippen LogP contribution is -2.33. The zero-order valence-electron chi connectivity index (χ0n) is 10.9. The molecule has 1 heterocycles. The first-order chi connectivity index (χ1) is 9.40. The number of hydrogen-bond acceptors (Lipinski definition) is 4. The second-order valence-corrected chi connectivity index (χ2v) is 8.17. The molecule has 2 rings (SSSR count). The molecule has 1 aromatic carbocycles. The Balaban J connectivity index is 2.06. The van der Waals surface area contributed by atoms with Crippen LogP contribution in [0.25, 0.3) is 0 Å². The highest BCUT2D eigenvalue weighted by atomic mass is 79.9. The van der Waals surface area contributed by atoms with Crippen molar-refractivity contribution in [3.8, 4) is 0 Å². The van der Waals surface area contributed by atoms with Crippen molar-refractivity contribution in [1.29, 1.82) is 0 Å². The number of halogens is 2. The summed E-state index contributed by atoms with van der Waals surface area (Å²) in [6.45, 7) is 3.25. The highest BCUT2D eigenvalue weighted by Crippen LogP contribution is 2.32. The summed E-state index contributed by atoms with van der Waals surface area (Å²) in [5.74, 6) is 0. The van der Waals surface area contributed by atoms with E-state index in [1.165, 1.54) is 12.8 Å². The van der Waals surface area contributed by atoms with E-state index in [1.54, 1.807) is 12.1 Å². The first-order valence-electron chi connectivity index (χ1n) is 6.37. The molecule has 1 aliphatic rings. The minimum absolute atomic E-state index is 0.188. The molecule has 0 bridgehead atoms. The molecule has 3 N–H and O–H groups in total. The fourth-order valence-corrected chi connectivity index (χ4v) is 5.89. The Kier molecular flexibility index (Phi) is 5.47. The van der Waals surface area contributed by atoms with Crippen LogP contribution in [0, 0.1) is 0 Å². The van der Waals surface area contributed by atoms with Gasteiger partial charge in [0.15, 0.2) is 0 Å². The van der Waals surface area contributed by atoms with Crippen molar-refractivity contribution < 1.29 is 8.42 Å². The monoisotopic (exact) mass is 425 g/mol. The summed E-state index contributed by atoms with van der Waals surface area (Å²) >= 11 is 6.50. The number of sulfonamides is 1. The molecule has 5 nitrogen and oxygen atoms in total. The predicted octanol–water partition coefficient (Wildman–Crippen LogP) is 2.17. The molecule has 0 saturated carbocycles. The van der Waals surface area contributed by atoms with Crippen molar-refractivity contribution in [2.75, 3.05) is 31.9 Å². The topological polar surface area (TPSA) is 75.4 Å². The van der Waals surface area contributed by atoms with Crippen LogP contribution >= 0.6 is 31.9 Å². The molecule has 8 heteroatoms. The summed E-state index contributed by atoms with van der Waals surface area (Å²) in [7, 11) is -3.56. The number of nitrogens with zero attached hydrogens (tertiary/aromatic N) is 1. The molecule has 1 fully saturated rings. The van der Waals surface area contributed by atoms with E-state index in [2.05, 4.69) is 41.5 Å². The van der Waals surface area contributed by atoms with E-state index in [-0.39, 0.29) is 4.90 Å². The molecule has 0 atom stereocenters. The number of benzene rings is 1. The Morgan fingerprint density at radius 2 is 1.75 bits per heavy atom. The highest BCUT2D eigenvalue weighted by molar-refractivity contribution is 9.11. The number of likely N-dealkylation sites (tertiary alicyclic amines) is 1. The summed E-state index contributed by atoms with van der Waals surface area (Å²) < 4.78 is 28.2. The lowest BCUT2D eigenvalue weighted by atomic mass is 10.3. The average molecular weight is 427 g/mol. The normalized spacial score (nSPS) is 16.7. The molecule has 0 aliphatic carbocycles. The van der Waals surface area contributed by atoms with Crippen LogP contribution < -0.4 is 10.5 Å². The number of anilines is 1. The molecule has 0 amide bonds. The van der Waals surface area contributed by atoms with E-state index in [0.717, 1.165) is 19.6 Å². The summed E-state index contributed by atoms with van der Waals surface area (Å²) in [6.07, 6.45) is 2.39. The molecule has 0 unspecified atom stereocenters. The lowest BCUT2D eigenvalue weighted by Gasteiger charge is -2.16. The SMILES string of the molecule is Nc1cc(Br)c(S(=O)(=O)NCCN2CCCC2)c(Br)c1. The molecule has 112 valence electrons. The molecule has 0 aromatic heterocycles. The van der Waals surface area contributed by atoms with Crippen LogP contribution in [0.5, 0.6) is 0 Å². The third-order valence-electron chi connectivity index (χ3n) is 3.21. The summed E-state index contributed by atoms with van der Waals surface area (Å²) in [5, 5.41) is 0. The minimum Gasteiger partial charge on any atom is -0.399 e. The van der Waals surface area contributed by atoms with E-state index in [0.29, 0.717) is 21.2 Å². The van der Waals surface area contributed by atoms with Gasteiger partial charge in [0.25, 0.3) is 0 Å². The Bertz CT molecular complexity index is 563. The van der Waals surface area contributed by atoms with Gasteiger partial charge in [-0.3, -0.25) is 0 Å². The molecular weight excluding hydrogens is 410 g/mol. The maximum absolute atomic E-state index is 12.3. The second kappa shape index (κ2) is 6.74. The first-order valence-corrected chi connectivity index (χ1v) is 9.43. The third-order valence-corrected chi connectivity index (χ3v) is 6.55. The van der Waals surface area contributed by atoms with Crippen molar-refractivity contribution in [1.82, 2.24) is 9.62 Å². The van der Waals surface area contributed by atoms with Crippen LogP contribution in [0.2, 0.25) is 0 Å². The molecule has 0 radical (unpaired) electrons. The fourth-order valence-electron chi connectivity index (χ4n) is 2.25. The standard InChI is InChI=1S/C12H17Br2N3O2S/c13-10-7-9(15)8-11(14)12(10)20(18,19)16-3-6-17-4-1-2-5-17/h7-8,16H,1-6,15H2. The van der Waals surface area contributed by atoms with Crippen molar-refractivity contribution in [3.05, 3.63) is 21.1 Å². The number of nitrogens with two attached hydrogens (primary N) is 1. The van der Waals surface area contributed by atoms with Gasteiger partial charge in [0.1, 0.15) is 4.90 Å². The maximum atomic E-state index is 12.3. The van der Waals surface area contributed by atoms with Crippen molar-refractivity contribution in [2.45, 2.75) is 17.7 Å². The van der Waals surface area contributed by atoms with Gasteiger partial charge in [-0.05, 0) is 69.9 Å². The number of nitrogen functional groups attached to an aromatic ring is 1. The Morgan fingerprint density at radius 3 is 2.30 bits per heavy atom. The van der Waals surface area contributed by atoms with Crippen LogP contribution in [0.15, 0.2) is 26.0 Å². The molecule has 20 heavy (non-hydrogen) atoms. The van der Waals surface area contributed by atoms with Crippen molar-refractivity contribution >= 4 is 47.6 Å². The van der Waals surface area contributed by atoms with Crippen LogP contribution in [0.4, 0.5) is 5.69 Å². The van der Waals surface area contributed by atoms with E-state index >= 15 is 0 Å². The van der Waals surface area contributed by atoms with E-state index in [9.17, 15) is 8.42 Å². The van der Waals surface area contributed by atoms with Gasteiger partial charge in [-0.25, -0.2) is 13.1 Å². The first kappa shape index (κ1) is 16.2. The summed E-state index contributed by atoms with van der Waals surface area (Å²) in [4.78, 5) is 2.45. The van der Waals surface area contributed by atoms with E-state index < -0.39 is 10.0 Å². The Hall–Kier alpha value is -0.150. The predicted molar refractivity (Wildman–Crippen MR) is 87.1 cm³/mol. The number of rotatable bonds is 5. The van der Waals surface area contributed by atoms with E-state index in [1.807, 2.05) is 0 Å². The number of hydrogen-bond donors (Lipinski definition) is 2. The molecular formula is C12H17Br2N3O2S. The molecule has 1 saturated heterocycles. The van der Waals surface area contributed by atoms with Gasteiger partial charge >= 0.3 is 0 Å². The van der Waals surface area contributed by atoms with Crippen LogP contribution in [-0.2, 0) is 10.0 Å². The smallest absolute Gasteiger partial charge is 0.242 e. The van der Waals surface area contributed by atoms with Gasteiger partial charge in [-0.1, -0.05) is 0 Å². The van der Waals surface area contributed by atoms with E-state index in [4.69, 9.17) is 5.73 Å². The van der Waals surface area contributed by atoms with Crippen molar-refractivity contribution in [2.24, 2.45) is 0 Å². The molecule has 1 aromatic rings. The van der Waals surface area contributed by atoms with Crippen LogP contribution in [0.3, 0.4) is 0 Å². The van der Waals surface area contributed by atoms with Gasteiger partial charge in [0, 0.05) is 27.7 Å². The quantitative estimate of drug-likeness (QED) is 0.707. The number of nitrogens with one attached hydrogen (secondary N) is 1. The third kappa shape index (κ3) is 3.94. The molecule has 0 spiro atoms. The lowest BCUT2D eigenvalue weighted by molar-refractivity contribution is 0.344. The fraction of sp³-hybridized carbons (Fsp3) is 0.500. The zero-order valence-corrected chi connectivity index (χ0v) is 14.9. The summed E-state index contributed by atoms with van der Waals surface area (Å²) in [5.41, 5.74) is 6.17. The molecule has 1 aliphatic heterocycles. The van der Waals surface area contributed by atoms with Gasteiger partial charge in [0.05, 0.1) is 0 Å². The van der Waals surface area contributed by atoms with Gasteiger partial charge in [0.2, 0.25) is 10.0 Å². The van der Waals surface area contributed by atoms with Gasteiger partial charge in [-0.15, -0.1) is 0 Å². The van der Waals surface area contributed by atoms with Gasteiger partial charge < -0.3 is 10.6 Å². The largest absolute Gasteiger partial charge is 0.399 e. The highest BCUT2D eigenvalue weighted by Gasteiger charge is 2.22. The second-order valence-electron chi connectivity index (χ2n) is 4.76. The van der Waals surface area contributed by atoms with Crippen LogP contribution in [-0.4, -0.2) is 39.5 Å². The Labute approximate surface area is 136 Å². The minimum atomic E-state index is -3.56. The Morgan fingerprint density at radius 1 is 1.20 bits per heavy atom. The van der Waals surface area contributed by atoms with Gasteiger partial charge in [-0.2, -0.15) is 0 Å². The maximum Gasteiger partial charge on any atom is 0.242 e. The van der Waals surface area contributed by atoms with Crippen molar-refractivity contribution in [3.63, 3.8) is 0 Å². The summed E-state index contributed by atoms with van der Waals surface area (Å²) in [6, 6.07) is 3.17. The van der Waals surface area contributed by atoms with Crippen LogP contribution in [0.1, 0.15) is 12.8 Å². The average Bonchev–Trinajstić information content (AvgIpc) is 2.79.